The molecule has 124 valence electrons. The Morgan fingerprint density at radius 3 is 2.96 bits per heavy atom. The fourth-order valence-electron chi connectivity index (χ4n) is 3.39. The van der Waals surface area contributed by atoms with E-state index < -0.39 is 0 Å². The first-order valence-corrected chi connectivity index (χ1v) is 9.31. The number of pyridine rings is 1. The molecule has 0 N–H and O–H groups in total. The predicted molar refractivity (Wildman–Crippen MR) is 99.1 cm³/mol. The van der Waals surface area contributed by atoms with E-state index in [1.807, 2.05) is 41.5 Å². The van der Waals surface area contributed by atoms with Crippen LogP contribution in [0.4, 0.5) is 0 Å². The molecule has 2 aliphatic heterocycles. The number of thiophene rings is 1. The van der Waals surface area contributed by atoms with E-state index in [1.165, 1.54) is 4.88 Å². The molecule has 0 fully saturated rings. The SMILES string of the molecule is Clc1ccc2c(c1)[C@H]1CC(c3cccs3)=NN1[C@@H](c1cccnc1)O2. The predicted octanol–water partition coefficient (Wildman–Crippen LogP) is 5.04. The second kappa shape index (κ2) is 5.86. The molecule has 2 atom stereocenters. The minimum Gasteiger partial charge on any atom is -0.464 e. The van der Waals surface area contributed by atoms with E-state index in [-0.39, 0.29) is 12.3 Å². The van der Waals surface area contributed by atoms with Crippen LogP contribution in [0.3, 0.4) is 0 Å². The van der Waals surface area contributed by atoms with Gasteiger partial charge in [-0.25, -0.2) is 5.01 Å². The van der Waals surface area contributed by atoms with Gasteiger partial charge in [-0.05, 0) is 35.7 Å². The van der Waals surface area contributed by atoms with E-state index >= 15 is 0 Å². The highest BCUT2D eigenvalue weighted by molar-refractivity contribution is 7.12. The summed E-state index contributed by atoms with van der Waals surface area (Å²) in [6, 6.07) is 14.0. The van der Waals surface area contributed by atoms with Crippen LogP contribution in [-0.4, -0.2) is 15.7 Å². The van der Waals surface area contributed by atoms with Crippen LogP contribution >= 0.6 is 22.9 Å². The lowest BCUT2D eigenvalue weighted by molar-refractivity contribution is -0.0192. The Kier molecular flexibility index (Phi) is 3.50. The summed E-state index contributed by atoms with van der Waals surface area (Å²) in [5, 5.41) is 9.74. The van der Waals surface area contributed by atoms with Gasteiger partial charge in [-0.15, -0.1) is 11.3 Å². The molecule has 0 bridgehead atoms. The second-order valence-electron chi connectivity index (χ2n) is 6.06. The molecule has 0 spiro atoms. The Balaban J connectivity index is 1.62. The summed E-state index contributed by atoms with van der Waals surface area (Å²) < 4.78 is 6.28. The Morgan fingerprint density at radius 1 is 1.20 bits per heavy atom. The molecule has 4 nitrogen and oxygen atoms in total. The third kappa shape index (κ3) is 2.51. The van der Waals surface area contributed by atoms with Crippen molar-refractivity contribution in [3.05, 3.63) is 81.3 Å². The summed E-state index contributed by atoms with van der Waals surface area (Å²) in [7, 11) is 0. The van der Waals surface area contributed by atoms with Crippen molar-refractivity contribution in [1.82, 2.24) is 9.99 Å². The van der Waals surface area contributed by atoms with Crippen molar-refractivity contribution in [1.29, 1.82) is 0 Å². The molecule has 6 heteroatoms. The van der Waals surface area contributed by atoms with Gasteiger partial charge in [-0.1, -0.05) is 23.7 Å². The van der Waals surface area contributed by atoms with E-state index in [9.17, 15) is 0 Å². The van der Waals surface area contributed by atoms with E-state index in [0.29, 0.717) is 5.02 Å². The molecule has 25 heavy (non-hydrogen) atoms. The number of rotatable bonds is 2. The summed E-state index contributed by atoms with van der Waals surface area (Å²) in [6.07, 6.45) is 4.15. The van der Waals surface area contributed by atoms with Crippen molar-refractivity contribution in [3.63, 3.8) is 0 Å². The minimum absolute atomic E-state index is 0.116. The highest BCUT2D eigenvalue weighted by atomic mass is 35.5. The molecule has 0 amide bonds. The van der Waals surface area contributed by atoms with Crippen LogP contribution < -0.4 is 4.74 Å². The van der Waals surface area contributed by atoms with E-state index in [0.717, 1.165) is 29.0 Å². The van der Waals surface area contributed by atoms with Crippen molar-refractivity contribution in [2.75, 3.05) is 0 Å². The van der Waals surface area contributed by atoms with Gasteiger partial charge in [0.25, 0.3) is 0 Å². The smallest absolute Gasteiger partial charge is 0.215 e. The van der Waals surface area contributed by atoms with Gasteiger partial charge in [-0.3, -0.25) is 4.98 Å². The number of hydrazone groups is 1. The normalized spacial score (nSPS) is 21.3. The molecule has 0 radical (unpaired) electrons. The molecule has 2 aliphatic rings. The number of hydrogen-bond acceptors (Lipinski definition) is 5. The zero-order valence-corrected chi connectivity index (χ0v) is 14.7. The first-order chi connectivity index (χ1) is 12.3. The highest BCUT2D eigenvalue weighted by Gasteiger charge is 2.41. The van der Waals surface area contributed by atoms with Crippen molar-refractivity contribution < 1.29 is 4.74 Å². The van der Waals surface area contributed by atoms with Crippen LogP contribution in [0.25, 0.3) is 0 Å². The molecule has 0 saturated heterocycles. The van der Waals surface area contributed by atoms with Gasteiger partial charge in [-0.2, -0.15) is 5.10 Å². The average Bonchev–Trinajstić information content (AvgIpc) is 3.31. The lowest BCUT2D eigenvalue weighted by Gasteiger charge is -2.38. The van der Waals surface area contributed by atoms with Gasteiger partial charge in [0.2, 0.25) is 6.23 Å². The number of aromatic nitrogens is 1. The fourth-order valence-corrected chi connectivity index (χ4v) is 4.29. The standard InChI is InChI=1S/C19H14ClN3OS/c20-13-5-6-17-14(9-13)16-10-15(18-4-2-8-25-18)22-23(16)19(24-17)12-3-1-7-21-11-12/h1-9,11,16,19H,10H2/t16-,19-/m1/s1. The van der Waals surface area contributed by atoms with Gasteiger partial charge in [0.1, 0.15) is 5.75 Å². The Hall–Kier alpha value is -2.37. The maximum absolute atomic E-state index is 6.28. The van der Waals surface area contributed by atoms with Gasteiger partial charge in [0, 0.05) is 35.0 Å². The molecule has 5 rings (SSSR count). The highest BCUT2D eigenvalue weighted by Crippen LogP contribution is 2.48. The molecule has 0 aliphatic carbocycles. The monoisotopic (exact) mass is 367 g/mol. The van der Waals surface area contributed by atoms with Crippen LogP contribution in [0, 0.1) is 0 Å². The average molecular weight is 368 g/mol. The third-order valence-corrected chi connectivity index (χ3v) is 5.68. The van der Waals surface area contributed by atoms with Crippen molar-refractivity contribution in [3.8, 4) is 5.75 Å². The van der Waals surface area contributed by atoms with Gasteiger partial charge in [0.05, 0.1) is 16.6 Å². The van der Waals surface area contributed by atoms with Gasteiger partial charge >= 0.3 is 0 Å². The molecule has 0 saturated carbocycles. The number of fused-ring (bicyclic) bond motifs is 3. The topological polar surface area (TPSA) is 37.7 Å². The first-order valence-electron chi connectivity index (χ1n) is 8.05. The Bertz CT molecular complexity index is 943. The minimum atomic E-state index is -0.287. The Labute approximate surface area is 154 Å². The molecular formula is C19H14ClN3OS. The Morgan fingerprint density at radius 2 is 2.16 bits per heavy atom. The van der Waals surface area contributed by atoms with Crippen LogP contribution in [-0.2, 0) is 0 Å². The molecule has 4 heterocycles. The van der Waals surface area contributed by atoms with Crippen LogP contribution in [0.5, 0.6) is 5.75 Å². The lowest BCUT2D eigenvalue weighted by Crippen LogP contribution is -2.33. The number of hydrogen-bond donors (Lipinski definition) is 0. The maximum Gasteiger partial charge on any atom is 0.215 e. The van der Waals surface area contributed by atoms with Crippen LogP contribution in [0.2, 0.25) is 5.02 Å². The lowest BCUT2D eigenvalue weighted by atomic mass is 9.98. The van der Waals surface area contributed by atoms with E-state index in [1.54, 1.807) is 17.5 Å². The summed E-state index contributed by atoms with van der Waals surface area (Å²) in [5.41, 5.74) is 3.16. The number of ether oxygens (including phenoxy) is 1. The molecule has 3 aromatic rings. The summed E-state index contributed by atoms with van der Waals surface area (Å²) >= 11 is 7.95. The zero-order valence-electron chi connectivity index (χ0n) is 13.2. The van der Waals surface area contributed by atoms with E-state index in [4.69, 9.17) is 21.4 Å². The number of nitrogens with zero attached hydrogens (tertiary/aromatic N) is 3. The third-order valence-electron chi connectivity index (χ3n) is 4.53. The molecular weight excluding hydrogens is 354 g/mol. The van der Waals surface area contributed by atoms with Crippen LogP contribution in [0.15, 0.2) is 65.3 Å². The summed E-state index contributed by atoms with van der Waals surface area (Å²) in [4.78, 5) is 5.44. The summed E-state index contributed by atoms with van der Waals surface area (Å²) in [5.74, 6) is 0.863. The maximum atomic E-state index is 6.28. The largest absolute Gasteiger partial charge is 0.464 e. The fraction of sp³-hybridized carbons (Fsp3) is 0.158. The second-order valence-corrected chi connectivity index (χ2v) is 7.45. The quantitative estimate of drug-likeness (QED) is 0.636. The molecule has 0 unspecified atom stereocenters. The summed E-state index contributed by atoms with van der Waals surface area (Å²) in [6.45, 7) is 0. The van der Waals surface area contributed by atoms with E-state index in [2.05, 4.69) is 22.5 Å². The molecule has 2 aromatic heterocycles. The zero-order chi connectivity index (χ0) is 16.8. The van der Waals surface area contributed by atoms with Crippen LogP contribution in [0.1, 0.15) is 34.7 Å². The number of benzene rings is 1. The van der Waals surface area contributed by atoms with Crippen molar-refractivity contribution in [2.24, 2.45) is 5.10 Å². The van der Waals surface area contributed by atoms with Gasteiger partial charge < -0.3 is 4.74 Å². The van der Waals surface area contributed by atoms with Gasteiger partial charge in [0.15, 0.2) is 0 Å². The van der Waals surface area contributed by atoms with Crippen molar-refractivity contribution >= 4 is 28.6 Å². The number of halogens is 1. The first kappa shape index (κ1) is 14.9. The van der Waals surface area contributed by atoms with Crippen molar-refractivity contribution in [2.45, 2.75) is 18.7 Å². The molecule has 1 aromatic carbocycles.